The molecular formula is C9H22N2O4S2. The maximum Gasteiger partial charge on any atom is 0.211 e. The Hall–Kier alpha value is -0.180. The van der Waals surface area contributed by atoms with Crippen molar-refractivity contribution in [1.29, 1.82) is 0 Å². The molecule has 0 bridgehead atoms. The lowest BCUT2D eigenvalue weighted by atomic mass is 10.4. The van der Waals surface area contributed by atoms with Crippen LogP contribution in [0.3, 0.4) is 0 Å². The van der Waals surface area contributed by atoms with Crippen LogP contribution in [0.25, 0.3) is 0 Å². The standard InChI is InChI=1S/C9H22N2O4S2/c1-8(2)10-16(12,13)6-5-7-17(14,15)11-9(3)4/h8-11H,5-7H2,1-4H3. The van der Waals surface area contributed by atoms with Gasteiger partial charge in [-0.05, 0) is 34.1 Å². The van der Waals surface area contributed by atoms with Gasteiger partial charge in [0.1, 0.15) is 0 Å². The molecule has 0 amide bonds. The van der Waals surface area contributed by atoms with Crippen LogP contribution in [0.4, 0.5) is 0 Å². The summed E-state index contributed by atoms with van der Waals surface area (Å²) in [5.41, 5.74) is 0. The molecule has 0 heterocycles. The topological polar surface area (TPSA) is 92.3 Å². The highest BCUT2D eigenvalue weighted by Gasteiger charge is 2.16. The normalized spacial score (nSPS) is 13.5. The zero-order chi connectivity index (χ0) is 13.7. The molecule has 104 valence electrons. The number of nitrogens with one attached hydrogen (secondary N) is 2. The van der Waals surface area contributed by atoms with E-state index in [2.05, 4.69) is 9.44 Å². The average molecular weight is 286 g/mol. The fourth-order valence-electron chi connectivity index (χ4n) is 1.28. The zero-order valence-electron chi connectivity index (χ0n) is 10.7. The van der Waals surface area contributed by atoms with Gasteiger partial charge in [0, 0.05) is 12.1 Å². The van der Waals surface area contributed by atoms with Crippen molar-refractivity contribution in [2.45, 2.75) is 46.2 Å². The summed E-state index contributed by atoms with van der Waals surface area (Å²) in [5.74, 6) is -0.353. The van der Waals surface area contributed by atoms with E-state index in [9.17, 15) is 16.8 Å². The first-order valence-electron chi connectivity index (χ1n) is 5.54. The third-order valence-corrected chi connectivity index (χ3v) is 4.97. The van der Waals surface area contributed by atoms with Crippen LogP contribution in [0.2, 0.25) is 0 Å². The van der Waals surface area contributed by atoms with E-state index in [0.29, 0.717) is 0 Å². The molecule has 0 aromatic rings. The average Bonchev–Trinajstić information content (AvgIpc) is 1.96. The fourth-order valence-corrected chi connectivity index (χ4v) is 4.18. The maximum atomic E-state index is 11.4. The van der Waals surface area contributed by atoms with E-state index in [0.717, 1.165) is 0 Å². The molecule has 0 saturated carbocycles. The monoisotopic (exact) mass is 286 g/mol. The summed E-state index contributed by atoms with van der Waals surface area (Å²) in [5, 5.41) is 0. The third-order valence-electron chi connectivity index (χ3n) is 1.66. The molecule has 0 unspecified atom stereocenters. The van der Waals surface area contributed by atoms with Gasteiger partial charge >= 0.3 is 0 Å². The Labute approximate surface area is 104 Å². The highest BCUT2D eigenvalue weighted by molar-refractivity contribution is 7.90. The largest absolute Gasteiger partial charge is 0.213 e. The Morgan fingerprint density at radius 3 is 1.29 bits per heavy atom. The molecule has 0 spiro atoms. The lowest BCUT2D eigenvalue weighted by Crippen LogP contribution is -2.35. The Bertz CT molecular complexity index is 372. The van der Waals surface area contributed by atoms with E-state index in [1.807, 2.05) is 0 Å². The van der Waals surface area contributed by atoms with Crippen molar-refractivity contribution in [3.05, 3.63) is 0 Å². The van der Waals surface area contributed by atoms with Gasteiger partial charge < -0.3 is 0 Å². The number of hydrogen-bond donors (Lipinski definition) is 2. The van der Waals surface area contributed by atoms with E-state index in [1.165, 1.54) is 0 Å². The summed E-state index contributed by atoms with van der Waals surface area (Å²) >= 11 is 0. The molecule has 0 aliphatic heterocycles. The molecule has 0 atom stereocenters. The van der Waals surface area contributed by atoms with Crippen LogP contribution in [0.1, 0.15) is 34.1 Å². The smallest absolute Gasteiger partial charge is 0.211 e. The third kappa shape index (κ3) is 9.51. The van der Waals surface area contributed by atoms with Gasteiger partial charge in [-0.1, -0.05) is 0 Å². The van der Waals surface area contributed by atoms with Gasteiger partial charge in [0.2, 0.25) is 20.0 Å². The predicted molar refractivity (Wildman–Crippen MR) is 68.7 cm³/mol. The van der Waals surface area contributed by atoms with Crippen LogP contribution in [0, 0.1) is 0 Å². The maximum absolute atomic E-state index is 11.4. The van der Waals surface area contributed by atoms with E-state index < -0.39 is 20.0 Å². The second-order valence-electron chi connectivity index (χ2n) is 4.54. The number of rotatable bonds is 8. The number of hydrogen-bond acceptors (Lipinski definition) is 4. The molecule has 2 N–H and O–H groups in total. The van der Waals surface area contributed by atoms with E-state index >= 15 is 0 Å². The van der Waals surface area contributed by atoms with Gasteiger partial charge in [0.05, 0.1) is 11.5 Å². The van der Waals surface area contributed by atoms with Gasteiger partial charge in [-0.15, -0.1) is 0 Å². The molecule has 8 heteroatoms. The lowest BCUT2D eigenvalue weighted by Gasteiger charge is -2.11. The summed E-state index contributed by atoms with van der Waals surface area (Å²) in [6.07, 6.45) is 0.0874. The molecular weight excluding hydrogens is 264 g/mol. The Morgan fingerprint density at radius 2 is 1.06 bits per heavy atom. The van der Waals surface area contributed by atoms with Crippen molar-refractivity contribution in [3.63, 3.8) is 0 Å². The molecule has 0 aliphatic carbocycles. The fraction of sp³-hybridized carbons (Fsp3) is 1.00. The van der Waals surface area contributed by atoms with Crippen molar-refractivity contribution in [2.75, 3.05) is 11.5 Å². The second-order valence-corrected chi connectivity index (χ2v) is 8.28. The van der Waals surface area contributed by atoms with E-state index in [4.69, 9.17) is 0 Å². The van der Waals surface area contributed by atoms with Crippen molar-refractivity contribution in [1.82, 2.24) is 9.44 Å². The molecule has 0 saturated heterocycles. The summed E-state index contributed by atoms with van der Waals surface area (Å²) in [4.78, 5) is 0. The Morgan fingerprint density at radius 1 is 0.765 bits per heavy atom. The second kappa shape index (κ2) is 6.67. The minimum atomic E-state index is -3.37. The van der Waals surface area contributed by atoms with Crippen molar-refractivity contribution in [2.24, 2.45) is 0 Å². The van der Waals surface area contributed by atoms with Crippen LogP contribution in [-0.4, -0.2) is 40.4 Å². The Balaban J connectivity index is 4.16. The van der Waals surface area contributed by atoms with Crippen LogP contribution >= 0.6 is 0 Å². The van der Waals surface area contributed by atoms with Crippen LogP contribution in [-0.2, 0) is 20.0 Å². The molecule has 0 rings (SSSR count). The first-order valence-corrected chi connectivity index (χ1v) is 8.84. The summed E-state index contributed by atoms with van der Waals surface area (Å²) in [6.45, 7) is 6.87. The summed E-state index contributed by atoms with van der Waals surface area (Å²) in [7, 11) is -6.75. The van der Waals surface area contributed by atoms with Crippen molar-refractivity contribution >= 4 is 20.0 Å². The van der Waals surface area contributed by atoms with Crippen molar-refractivity contribution in [3.8, 4) is 0 Å². The highest BCUT2D eigenvalue weighted by atomic mass is 32.2. The first kappa shape index (κ1) is 16.8. The van der Waals surface area contributed by atoms with Gasteiger partial charge in [0.15, 0.2) is 0 Å². The first-order chi connectivity index (χ1) is 7.54. The molecule has 0 aromatic carbocycles. The zero-order valence-corrected chi connectivity index (χ0v) is 12.4. The van der Waals surface area contributed by atoms with E-state index in [1.54, 1.807) is 27.7 Å². The van der Waals surface area contributed by atoms with Crippen LogP contribution < -0.4 is 9.44 Å². The number of sulfonamides is 2. The molecule has 6 nitrogen and oxygen atoms in total. The van der Waals surface area contributed by atoms with Gasteiger partial charge in [-0.2, -0.15) is 0 Å². The Kier molecular flexibility index (Phi) is 6.60. The van der Waals surface area contributed by atoms with Gasteiger partial charge in [-0.3, -0.25) is 0 Å². The predicted octanol–water partition coefficient (Wildman–Crippen LogP) is 0.0321. The summed E-state index contributed by atoms with van der Waals surface area (Å²) < 4.78 is 50.5. The van der Waals surface area contributed by atoms with Gasteiger partial charge in [0.25, 0.3) is 0 Å². The van der Waals surface area contributed by atoms with Crippen molar-refractivity contribution < 1.29 is 16.8 Å². The van der Waals surface area contributed by atoms with Crippen LogP contribution in [0.5, 0.6) is 0 Å². The minimum absolute atomic E-state index is 0.0874. The summed E-state index contributed by atoms with van der Waals surface area (Å²) in [6, 6.07) is -0.351. The van der Waals surface area contributed by atoms with Crippen LogP contribution in [0.15, 0.2) is 0 Å². The minimum Gasteiger partial charge on any atom is -0.213 e. The van der Waals surface area contributed by atoms with E-state index in [-0.39, 0.29) is 30.0 Å². The molecule has 0 aliphatic rings. The molecule has 17 heavy (non-hydrogen) atoms. The quantitative estimate of drug-likeness (QED) is 0.658. The van der Waals surface area contributed by atoms with Gasteiger partial charge in [-0.25, -0.2) is 26.3 Å². The SMILES string of the molecule is CC(C)NS(=O)(=O)CCCS(=O)(=O)NC(C)C. The molecule has 0 fully saturated rings. The lowest BCUT2D eigenvalue weighted by molar-refractivity contribution is 0.563. The molecule has 0 aromatic heterocycles. The molecule has 0 radical (unpaired) electrons. The highest BCUT2D eigenvalue weighted by Crippen LogP contribution is 1.97.